The van der Waals surface area contributed by atoms with Crippen molar-refractivity contribution in [2.45, 2.75) is 44.6 Å². The van der Waals surface area contributed by atoms with Crippen LogP contribution in [0.1, 0.15) is 37.7 Å². The molecule has 0 spiro atoms. The molecular weight excluding hydrogens is 324 g/mol. The fourth-order valence-electron chi connectivity index (χ4n) is 4.33. The fraction of sp³-hybridized carbons (Fsp3) is 0.632. The van der Waals surface area contributed by atoms with Crippen molar-refractivity contribution < 1.29 is 9.53 Å². The molecule has 1 aromatic carbocycles. The Morgan fingerprint density at radius 1 is 1.33 bits per heavy atom. The molecule has 1 aromatic rings. The molecule has 0 aliphatic heterocycles. The first kappa shape index (κ1) is 17.6. The molecule has 2 saturated carbocycles. The number of amides is 1. The van der Waals surface area contributed by atoms with E-state index in [0.29, 0.717) is 29.4 Å². The molecule has 0 saturated heterocycles. The summed E-state index contributed by atoms with van der Waals surface area (Å²) in [4.78, 5) is 12.5. The summed E-state index contributed by atoms with van der Waals surface area (Å²) in [5, 5.41) is 3.77. The van der Waals surface area contributed by atoms with E-state index in [0.717, 1.165) is 30.6 Å². The zero-order valence-corrected chi connectivity index (χ0v) is 15.0. The standard InChI is InChI=1S/C19H27ClN2O2/c1-24-16-6-5-12(17(20)11-16)7-8-22-19(23)15-9-13-3-2-4-14(10-15)18(13)21/h5-6,11,13-15,18H,2-4,7-10,21H2,1H3,(H,22,23). The van der Waals surface area contributed by atoms with E-state index in [1.807, 2.05) is 18.2 Å². The third-order valence-electron chi connectivity index (χ3n) is 5.74. The second kappa shape index (κ2) is 7.75. The maximum absolute atomic E-state index is 12.5. The number of ether oxygens (including phenoxy) is 1. The number of nitrogens with two attached hydrogens (primary N) is 1. The van der Waals surface area contributed by atoms with Gasteiger partial charge in [-0.3, -0.25) is 4.79 Å². The molecule has 3 rings (SSSR count). The first-order chi connectivity index (χ1) is 11.6. The molecule has 2 atom stereocenters. The molecule has 1 amide bonds. The van der Waals surface area contributed by atoms with E-state index in [1.165, 1.54) is 19.3 Å². The van der Waals surface area contributed by atoms with Crippen LogP contribution in [-0.4, -0.2) is 25.6 Å². The second-order valence-corrected chi connectivity index (χ2v) is 7.60. The van der Waals surface area contributed by atoms with E-state index in [9.17, 15) is 4.79 Å². The van der Waals surface area contributed by atoms with Crippen molar-refractivity contribution in [1.82, 2.24) is 5.32 Å². The zero-order valence-electron chi connectivity index (χ0n) is 14.3. The van der Waals surface area contributed by atoms with E-state index in [-0.39, 0.29) is 11.8 Å². The maximum atomic E-state index is 12.5. The van der Waals surface area contributed by atoms with Crippen LogP contribution in [0.5, 0.6) is 5.75 Å². The van der Waals surface area contributed by atoms with Gasteiger partial charge in [0.15, 0.2) is 0 Å². The lowest BCUT2D eigenvalue weighted by Crippen LogP contribution is -2.49. The van der Waals surface area contributed by atoms with Crippen LogP contribution in [0.15, 0.2) is 18.2 Å². The lowest BCUT2D eigenvalue weighted by Gasteiger charge is -2.43. The SMILES string of the molecule is COc1ccc(CCNC(=O)C2CC3CCCC(C2)C3N)c(Cl)c1. The molecule has 3 N–H and O–H groups in total. The summed E-state index contributed by atoms with van der Waals surface area (Å²) in [6.07, 6.45) is 6.27. The number of hydrogen-bond donors (Lipinski definition) is 2. The average Bonchev–Trinajstić information content (AvgIpc) is 2.55. The van der Waals surface area contributed by atoms with Gasteiger partial charge < -0.3 is 15.8 Å². The normalized spacial score (nSPS) is 29.1. The van der Waals surface area contributed by atoms with Crippen LogP contribution in [0.25, 0.3) is 0 Å². The van der Waals surface area contributed by atoms with Crippen molar-refractivity contribution in [3.05, 3.63) is 28.8 Å². The van der Waals surface area contributed by atoms with E-state index in [2.05, 4.69) is 5.32 Å². The van der Waals surface area contributed by atoms with Crippen LogP contribution in [0, 0.1) is 17.8 Å². The molecule has 2 aliphatic rings. The predicted octanol–water partition coefficient (Wildman–Crippen LogP) is 3.16. The summed E-state index contributed by atoms with van der Waals surface area (Å²) in [5.41, 5.74) is 7.33. The molecular formula is C19H27ClN2O2. The van der Waals surface area contributed by atoms with E-state index in [1.54, 1.807) is 7.11 Å². The summed E-state index contributed by atoms with van der Waals surface area (Å²) >= 11 is 6.25. The lowest BCUT2D eigenvalue weighted by atomic mass is 9.65. The van der Waals surface area contributed by atoms with Crippen molar-refractivity contribution in [2.24, 2.45) is 23.5 Å². The Labute approximate surface area is 149 Å². The maximum Gasteiger partial charge on any atom is 0.223 e. The quantitative estimate of drug-likeness (QED) is 0.857. The molecule has 2 bridgehead atoms. The minimum absolute atomic E-state index is 0.131. The number of rotatable bonds is 5. The van der Waals surface area contributed by atoms with Crippen molar-refractivity contribution in [3.8, 4) is 5.75 Å². The molecule has 2 fully saturated rings. The highest BCUT2D eigenvalue weighted by Crippen LogP contribution is 2.41. The van der Waals surface area contributed by atoms with Gasteiger partial charge in [0.05, 0.1) is 7.11 Å². The van der Waals surface area contributed by atoms with E-state index < -0.39 is 0 Å². The number of benzene rings is 1. The first-order valence-electron chi connectivity index (χ1n) is 8.94. The van der Waals surface area contributed by atoms with E-state index in [4.69, 9.17) is 22.1 Å². The summed E-state index contributed by atoms with van der Waals surface area (Å²) in [6, 6.07) is 5.97. The largest absolute Gasteiger partial charge is 0.497 e. The van der Waals surface area contributed by atoms with Gasteiger partial charge in [-0.25, -0.2) is 0 Å². The van der Waals surface area contributed by atoms with Gasteiger partial charge in [0.25, 0.3) is 0 Å². The van der Waals surface area contributed by atoms with Gasteiger partial charge >= 0.3 is 0 Å². The van der Waals surface area contributed by atoms with Crippen LogP contribution in [-0.2, 0) is 11.2 Å². The number of fused-ring (bicyclic) bond motifs is 2. The second-order valence-electron chi connectivity index (χ2n) is 7.20. The van der Waals surface area contributed by atoms with Gasteiger partial charge in [0.2, 0.25) is 5.91 Å². The Bertz CT molecular complexity index is 579. The third kappa shape index (κ3) is 3.86. The highest BCUT2D eigenvalue weighted by molar-refractivity contribution is 6.31. The molecule has 0 radical (unpaired) electrons. The monoisotopic (exact) mass is 350 g/mol. The first-order valence-corrected chi connectivity index (χ1v) is 9.32. The Kier molecular flexibility index (Phi) is 5.67. The fourth-order valence-corrected chi connectivity index (χ4v) is 4.59. The minimum Gasteiger partial charge on any atom is -0.497 e. The van der Waals surface area contributed by atoms with Crippen molar-refractivity contribution in [3.63, 3.8) is 0 Å². The van der Waals surface area contributed by atoms with Gasteiger partial charge in [-0.05, 0) is 61.6 Å². The average molecular weight is 351 g/mol. The summed E-state index contributed by atoms with van der Waals surface area (Å²) < 4.78 is 5.15. The Balaban J connectivity index is 1.49. The van der Waals surface area contributed by atoms with Crippen molar-refractivity contribution >= 4 is 17.5 Å². The summed E-state index contributed by atoms with van der Waals surface area (Å²) in [6.45, 7) is 0.614. The number of halogens is 1. The van der Waals surface area contributed by atoms with E-state index >= 15 is 0 Å². The van der Waals surface area contributed by atoms with Gasteiger partial charge in [0, 0.05) is 23.5 Å². The van der Waals surface area contributed by atoms with Crippen LogP contribution in [0.2, 0.25) is 5.02 Å². The molecule has 132 valence electrons. The third-order valence-corrected chi connectivity index (χ3v) is 6.09. The molecule has 2 unspecified atom stereocenters. The van der Waals surface area contributed by atoms with Gasteiger partial charge in [-0.15, -0.1) is 0 Å². The summed E-state index contributed by atoms with van der Waals surface area (Å²) in [5.74, 6) is 2.13. The molecule has 4 nitrogen and oxygen atoms in total. The highest BCUT2D eigenvalue weighted by Gasteiger charge is 2.40. The van der Waals surface area contributed by atoms with Gasteiger partial charge in [-0.2, -0.15) is 0 Å². The van der Waals surface area contributed by atoms with Crippen LogP contribution in [0.3, 0.4) is 0 Å². The van der Waals surface area contributed by atoms with Crippen LogP contribution in [0.4, 0.5) is 0 Å². The number of nitrogens with one attached hydrogen (secondary N) is 1. The number of methoxy groups -OCH3 is 1. The molecule has 24 heavy (non-hydrogen) atoms. The number of hydrogen-bond acceptors (Lipinski definition) is 3. The Morgan fingerprint density at radius 2 is 2.04 bits per heavy atom. The molecule has 5 heteroatoms. The number of carbonyl (C=O) groups is 1. The molecule has 0 heterocycles. The molecule has 0 aromatic heterocycles. The predicted molar refractivity (Wildman–Crippen MR) is 96.2 cm³/mol. The Morgan fingerprint density at radius 3 is 2.67 bits per heavy atom. The van der Waals surface area contributed by atoms with Gasteiger partial charge in [0.1, 0.15) is 5.75 Å². The smallest absolute Gasteiger partial charge is 0.223 e. The summed E-state index contributed by atoms with van der Waals surface area (Å²) in [7, 11) is 1.62. The van der Waals surface area contributed by atoms with Crippen LogP contribution < -0.4 is 15.8 Å². The van der Waals surface area contributed by atoms with Crippen molar-refractivity contribution in [2.75, 3.05) is 13.7 Å². The van der Waals surface area contributed by atoms with Crippen LogP contribution >= 0.6 is 11.6 Å². The van der Waals surface area contributed by atoms with Gasteiger partial charge in [-0.1, -0.05) is 24.1 Å². The zero-order chi connectivity index (χ0) is 17.1. The van der Waals surface area contributed by atoms with Crippen molar-refractivity contribution in [1.29, 1.82) is 0 Å². The minimum atomic E-state index is 0.131. The lowest BCUT2D eigenvalue weighted by molar-refractivity contribution is -0.127. The highest BCUT2D eigenvalue weighted by atomic mass is 35.5. The number of carbonyl (C=O) groups excluding carboxylic acids is 1. The Hall–Kier alpha value is -1.26. The molecule has 2 aliphatic carbocycles. The topological polar surface area (TPSA) is 64.3 Å².